The monoisotopic (exact) mass is 434 g/mol. The van der Waals surface area contributed by atoms with Crippen LogP contribution < -0.4 is 10.5 Å². The molecule has 0 radical (unpaired) electrons. The van der Waals surface area contributed by atoms with Crippen LogP contribution in [0, 0.1) is 18.8 Å². The predicted octanol–water partition coefficient (Wildman–Crippen LogP) is 2.50. The first-order valence-corrected chi connectivity index (χ1v) is 9.37. The number of nitrogens with two attached hydrogens (primary N) is 1. The zero-order chi connectivity index (χ0) is 21.9. The summed E-state index contributed by atoms with van der Waals surface area (Å²) in [5.74, 6) is 1.98. The number of rotatable bonds is 1. The van der Waals surface area contributed by atoms with Crippen LogP contribution in [0.2, 0.25) is 0 Å². The summed E-state index contributed by atoms with van der Waals surface area (Å²) in [6.45, 7) is 2.40. The Kier molecular flexibility index (Phi) is 6.09. The molecule has 156 valence electrons. The van der Waals surface area contributed by atoms with Crippen LogP contribution in [0.5, 0.6) is 5.75 Å². The molecule has 0 fully saturated rings. The number of nitrogens with zero attached hydrogens (tertiary/aromatic N) is 3. The largest absolute Gasteiger partial charge is 0.486 e. The van der Waals surface area contributed by atoms with Gasteiger partial charge in [0.1, 0.15) is 16.7 Å². The molecule has 11 heteroatoms. The number of hydrogen-bond donors (Lipinski definition) is 2. The molecule has 3 aromatic rings. The molecule has 0 saturated carbocycles. The first-order valence-electron chi connectivity index (χ1n) is 8.56. The lowest BCUT2D eigenvalue weighted by atomic mass is 10.1. The van der Waals surface area contributed by atoms with Gasteiger partial charge >= 0.3 is 5.92 Å². The molecule has 30 heavy (non-hydrogen) atoms. The van der Waals surface area contributed by atoms with E-state index in [4.69, 9.17) is 10.5 Å². The standard InChI is InChI=1S/C16H12F2N2O3S.C3H4N2O/c1-8(21)2-3-9-4-5-11-10(6-9)12-13(16(17,18)7-23-11)24-15(20-12)14(19)22;1-3-5-4-2-6-3/h4-6,8,21H,7H2,1H3,(H2,19,22);2H,1H3. The quantitative estimate of drug-likeness (QED) is 0.564. The minimum absolute atomic E-state index is 0.0352. The molecule has 0 aliphatic carbocycles. The van der Waals surface area contributed by atoms with Gasteiger partial charge in [0.2, 0.25) is 12.3 Å². The number of hydrogen-bond acceptors (Lipinski definition) is 8. The number of benzene rings is 1. The molecule has 0 bridgehead atoms. The van der Waals surface area contributed by atoms with Crippen molar-refractivity contribution < 1.29 is 27.8 Å². The van der Waals surface area contributed by atoms with Crippen molar-refractivity contribution in [3.05, 3.63) is 45.9 Å². The van der Waals surface area contributed by atoms with Crippen LogP contribution >= 0.6 is 11.3 Å². The van der Waals surface area contributed by atoms with Gasteiger partial charge in [0, 0.05) is 18.1 Å². The van der Waals surface area contributed by atoms with Gasteiger partial charge in [-0.2, -0.15) is 8.78 Å². The van der Waals surface area contributed by atoms with Crippen LogP contribution in [0.4, 0.5) is 8.78 Å². The van der Waals surface area contributed by atoms with Crippen molar-refractivity contribution in [2.45, 2.75) is 25.9 Å². The van der Waals surface area contributed by atoms with Gasteiger partial charge < -0.3 is 20.0 Å². The Hall–Kier alpha value is -3.36. The van der Waals surface area contributed by atoms with E-state index >= 15 is 0 Å². The molecule has 8 nitrogen and oxygen atoms in total. The van der Waals surface area contributed by atoms with Gasteiger partial charge in [0.25, 0.3) is 5.91 Å². The lowest BCUT2D eigenvalue weighted by Crippen LogP contribution is -2.20. The van der Waals surface area contributed by atoms with Gasteiger partial charge in [0.15, 0.2) is 11.6 Å². The minimum atomic E-state index is -3.29. The Balaban J connectivity index is 0.000000367. The summed E-state index contributed by atoms with van der Waals surface area (Å²) < 4.78 is 38.4. The second-order valence-electron chi connectivity index (χ2n) is 6.17. The van der Waals surface area contributed by atoms with Crippen molar-refractivity contribution in [3.63, 3.8) is 0 Å². The van der Waals surface area contributed by atoms with Gasteiger partial charge in [-0.1, -0.05) is 11.8 Å². The molecule has 1 unspecified atom stereocenters. The summed E-state index contributed by atoms with van der Waals surface area (Å²) in [6, 6.07) is 4.64. The summed E-state index contributed by atoms with van der Waals surface area (Å²) in [5, 5.41) is 15.9. The highest BCUT2D eigenvalue weighted by atomic mass is 32.1. The minimum Gasteiger partial charge on any atom is -0.486 e. The average Bonchev–Trinajstić information content (AvgIpc) is 3.33. The number of ether oxygens (including phenoxy) is 1. The number of primary amides is 1. The van der Waals surface area contributed by atoms with Crippen LogP contribution in [0.3, 0.4) is 0 Å². The number of halogens is 2. The summed E-state index contributed by atoms with van der Waals surface area (Å²) >= 11 is 0.560. The zero-order valence-corrected chi connectivity index (χ0v) is 16.7. The number of aromatic nitrogens is 3. The molecule has 4 rings (SSSR count). The maximum absolute atomic E-state index is 14.3. The molecule has 2 aromatic heterocycles. The Labute approximate surface area is 173 Å². The molecule has 1 aromatic carbocycles. The second kappa shape index (κ2) is 8.56. The predicted molar refractivity (Wildman–Crippen MR) is 103 cm³/mol. The number of fused-ring (bicyclic) bond motifs is 3. The summed E-state index contributed by atoms with van der Waals surface area (Å²) in [7, 11) is 0. The third-order valence-electron chi connectivity index (χ3n) is 3.71. The Bertz CT molecular complexity index is 1120. The number of aryl methyl sites for hydroxylation is 1. The average molecular weight is 434 g/mol. The Morgan fingerprint density at radius 1 is 1.43 bits per heavy atom. The lowest BCUT2D eigenvalue weighted by Gasteiger charge is -2.12. The van der Waals surface area contributed by atoms with Crippen molar-refractivity contribution in [1.82, 2.24) is 15.2 Å². The van der Waals surface area contributed by atoms with E-state index in [1.54, 1.807) is 13.0 Å². The first kappa shape index (κ1) is 21.4. The van der Waals surface area contributed by atoms with E-state index in [2.05, 4.69) is 31.4 Å². The van der Waals surface area contributed by atoms with Crippen molar-refractivity contribution in [2.24, 2.45) is 5.73 Å². The van der Waals surface area contributed by atoms with E-state index in [0.29, 0.717) is 28.4 Å². The van der Waals surface area contributed by atoms with E-state index in [1.165, 1.54) is 25.5 Å². The number of alkyl halides is 2. The van der Waals surface area contributed by atoms with Crippen molar-refractivity contribution in [1.29, 1.82) is 0 Å². The normalized spacial score (nSPS) is 14.4. The fourth-order valence-corrected chi connectivity index (χ4v) is 3.32. The first-order chi connectivity index (χ1) is 14.2. The van der Waals surface area contributed by atoms with E-state index in [9.17, 15) is 18.7 Å². The molecule has 3 heterocycles. The smallest absolute Gasteiger partial charge is 0.317 e. The molecule has 0 saturated heterocycles. The van der Waals surface area contributed by atoms with Gasteiger partial charge in [-0.25, -0.2) is 4.98 Å². The third-order valence-corrected chi connectivity index (χ3v) is 4.89. The maximum Gasteiger partial charge on any atom is 0.317 e. The fourth-order valence-electron chi connectivity index (χ4n) is 2.42. The lowest BCUT2D eigenvalue weighted by molar-refractivity contribution is -0.0412. The molecule has 3 N–H and O–H groups in total. The van der Waals surface area contributed by atoms with E-state index in [1.807, 2.05) is 0 Å². The zero-order valence-electron chi connectivity index (χ0n) is 15.8. The van der Waals surface area contributed by atoms with Crippen LogP contribution in [0.15, 0.2) is 29.0 Å². The van der Waals surface area contributed by atoms with Crippen LogP contribution in [-0.2, 0) is 5.92 Å². The molecular weight excluding hydrogens is 418 g/mol. The van der Waals surface area contributed by atoms with Gasteiger partial charge in [-0.05, 0) is 25.1 Å². The maximum atomic E-state index is 14.3. The summed E-state index contributed by atoms with van der Waals surface area (Å²) in [5.41, 5.74) is 5.94. The van der Waals surface area contributed by atoms with Crippen LogP contribution in [0.1, 0.15) is 33.1 Å². The van der Waals surface area contributed by atoms with Gasteiger partial charge in [-0.3, -0.25) is 4.79 Å². The molecule has 0 spiro atoms. The summed E-state index contributed by atoms with van der Waals surface area (Å²) in [4.78, 5) is 14.9. The van der Waals surface area contributed by atoms with E-state index in [-0.39, 0.29) is 21.3 Å². The highest BCUT2D eigenvalue weighted by Crippen LogP contribution is 2.46. The third kappa shape index (κ3) is 4.79. The van der Waals surface area contributed by atoms with E-state index < -0.39 is 24.5 Å². The Morgan fingerprint density at radius 3 is 2.77 bits per heavy atom. The number of carbonyl (C=O) groups is 1. The SMILES string of the molecule is CC(O)C#Cc1ccc2c(c1)-c1nc(C(N)=O)sc1C(F)(F)CO2.Cc1nnco1. The van der Waals surface area contributed by atoms with Crippen LogP contribution in [-0.4, -0.2) is 38.9 Å². The number of aliphatic hydroxyl groups excluding tert-OH is 1. The number of amides is 1. The second-order valence-corrected chi connectivity index (χ2v) is 7.17. The molecule has 1 amide bonds. The topological polar surface area (TPSA) is 124 Å². The number of aliphatic hydroxyl groups is 1. The van der Waals surface area contributed by atoms with E-state index in [0.717, 1.165) is 0 Å². The van der Waals surface area contributed by atoms with Gasteiger partial charge in [-0.15, -0.1) is 21.5 Å². The highest BCUT2D eigenvalue weighted by molar-refractivity contribution is 7.14. The highest BCUT2D eigenvalue weighted by Gasteiger charge is 2.42. The number of carbonyl (C=O) groups excluding carboxylic acids is 1. The summed E-state index contributed by atoms with van der Waals surface area (Å²) in [6.07, 6.45) is 0.482. The fraction of sp³-hybridized carbons (Fsp3) is 0.263. The van der Waals surface area contributed by atoms with Crippen LogP contribution in [0.25, 0.3) is 11.3 Å². The number of thiazole rings is 1. The molecular formula is C19H16F2N4O4S. The van der Waals surface area contributed by atoms with Crippen molar-refractivity contribution >= 4 is 17.2 Å². The molecule has 1 aliphatic heterocycles. The molecule has 1 aliphatic rings. The van der Waals surface area contributed by atoms with Gasteiger partial charge in [0.05, 0.1) is 5.69 Å². The van der Waals surface area contributed by atoms with Crippen molar-refractivity contribution in [2.75, 3.05) is 6.61 Å². The molecule has 1 atom stereocenters. The van der Waals surface area contributed by atoms with Crippen molar-refractivity contribution in [3.8, 4) is 28.8 Å². The Morgan fingerprint density at radius 2 is 2.20 bits per heavy atom.